The van der Waals surface area contributed by atoms with Gasteiger partial charge in [-0.15, -0.1) is 0 Å². The molecule has 36 heavy (non-hydrogen) atoms. The van der Waals surface area contributed by atoms with Gasteiger partial charge in [-0.05, 0) is 69.2 Å². The summed E-state index contributed by atoms with van der Waals surface area (Å²) in [6, 6.07) is 17.5. The Bertz CT molecular complexity index is 1250. The number of nitrogens with one attached hydrogen (secondary N) is 2. The molecule has 8 heteroatoms. The van der Waals surface area contributed by atoms with Crippen LogP contribution in [0.2, 0.25) is 0 Å². The molecule has 0 aliphatic carbocycles. The van der Waals surface area contributed by atoms with Crippen LogP contribution in [0.5, 0.6) is 0 Å². The molecule has 0 bridgehead atoms. The highest BCUT2D eigenvalue weighted by atomic mass is 32.1. The van der Waals surface area contributed by atoms with Gasteiger partial charge in [-0.1, -0.05) is 48.6 Å². The van der Waals surface area contributed by atoms with Gasteiger partial charge in [-0.25, -0.2) is 4.79 Å². The minimum absolute atomic E-state index is 0.267. The Morgan fingerprint density at radius 3 is 2.44 bits per heavy atom. The van der Waals surface area contributed by atoms with Crippen LogP contribution in [-0.4, -0.2) is 45.6 Å². The third kappa shape index (κ3) is 6.18. The summed E-state index contributed by atoms with van der Waals surface area (Å²) in [7, 11) is 0. The first-order chi connectivity index (χ1) is 17.2. The summed E-state index contributed by atoms with van der Waals surface area (Å²) in [4.78, 5) is 31.9. The number of ether oxygens (including phenoxy) is 1. The average Bonchev–Trinajstić information content (AvgIpc) is 2.86. The SMILES string of the molecule is CC(C)(C)OC(=O)N1CCC(Cc2ccccc2)(C(=S)NNC(=O)c2ccc3cnccc3c2)CC1. The summed E-state index contributed by atoms with van der Waals surface area (Å²) in [5.74, 6) is -0.267. The number of nitrogens with zero attached hydrogens (tertiary/aromatic N) is 2. The number of fused-ring (bicyclic) bond motifs is 1. The molecule has 0 radical (unpaired) electrons. The summed E-state index contributed by atoms with van der Waals surface area (Å²) in [5, 5.41) is 1.91. The molecule has 1 saturated heterocycles. The van der Waals surface area contributed by atoms with Gasteiger partial charge in [-0.3, -0.25) is 20.6 Å². The van der Waals surface area contributed by atoms with Crippen LogP contribution in [-0.2, 0) is 11.2 Å². The fourth-order valence-corrected chi connectivity index (χ4v) is 4.78. The first-order valence-corrected chi connectivity index (χ1v) is 12.5. The van der Waals surface area contributed by atoms with Gasteiger partial charge in [0.1, 0.15) is 10.6 Å². The van der Waals surface area contributed by atoms with Crippen LogP contribution in [0, 0.1) is 5.41 Å². The smallest absolute Gasteiger partial charge is 0.410 e. The molecule has 0 atom stereocenters. The van der Waals surface area contributed by atoms with E-state index in [1.807, 2.05) is 57.2 Å². The van der Waals surface area contributed by atoms with Crippen molar-refractivity contribution in [3.8, 4) is 0 Å². The summed E-state index contributed by atoms with van der Waals surface area (Å²) >= 11 is 5.85. The predicted octanol–water partition coefficient (Wildman–Crippen LogP) is 5.06. The standard InChI is InChI=1S/C28H32N4O3S/c1-27(2,3)35-26(34)32-15-12-28(13-16-32,18-20-7-5-4-6-8-20)25(36)31-30-24(33)22-9-10-23-19-29-14-11-21(23)17-22/h4-11,14,17,19H,12-13,15-16,18H2,1-3H3,(H,30,33)(H,31,36). The molecule has 1 aliphatic heterocycles. The van der Waals surface area contributed by atoms with Crippen molar-refractivity contribution in [2.45, 2.75) is 45.6 Å². The van der Waals surface area contributed by atoms with E-state index in [0.717, 1.165) is 16.3 Å². The van der Waals surface area contributed by atoms with Gasteiger partial charge in [-0.2, -0.15) is 0 Å². The summed E-state index contributed by atoms with van der Waals surface area (Å²) in [6.45, 7) is 6.64. The van der Waals surface area contributed by atoms with E-state index in [-0.39, 0.29) is 12.0 Å². The summed E-state index contributed by atoms with van der Waals surface area (Å²) in [5.41, 5.74) is 6.54. The third-order valence-corrected chi connectivity index (χ3v) is 6.97. The molecule has 1 aromatic heterocycles. The summed E-state index contributed by atoms with van der Waals surface area (Å²) in [6.07, 6.45) is 5.18. The van der Waals surface area contributed by atoms with Crippen LogP contribution >= 0.6 is 12.2 Å². The van der Waals surface area contributed by atoms with Crippen LogP contribution in [0.3, 0.4) is 0 Å². The molecule has 0 saturated carbocycles. The fraction of sp³-hybridized carbons (Fsp3) is 0.357. The number of amides is 2. The Hall–Kier alpha value is -3.52. The van der Waals surface area contributed by atoms with Gasteiger partial charge in [0.15, 0.2) is 0 Å². The molecule has 2 heterocycles. The molecule has 2 amide bonds. The van der Waals surface area contributed by atoms with E-state index in [0.29, 0.717) is 42.9 Å². The molecular weight excluding hydrogens is 472 g/mol. The highest BCUT2D eigenvalue weighted by Gasteiger charge is 2.40. The molecule has 3 aromatic rings. The zero-order valence-electron chi connectivity index (χ0n) is 20.9. The van der Waals surface area contributed by atoms with Gasteiger partial charge in [0.05, 0.1) is 0 Å². The number of benzene rings is 2. The van der Waals surface area contributed by atoms with Crippen LogP contribution in [0.4, 0.5) is 4.79 Å². The van der Waals surface area contributed by atoms with Crippen molar-refractivity contribution >= 4 is 40.0 Å². The molecule has 2 N–H and O–H groups in total. The number of rotatable bonds is 4. The number of likely N-dealkylation sites (tertiary alicyclic amines) is 1. The highest BCUT2D eigenvalue weighted by molar-refractivity contribution is 7.80. The second-order valence-corrected chi connectivity index (χ2v) is 10.7. The zero-order valence-corrected chi connectivity index (χ0v) is 21.7. The minimum atomic E-state index is -0.546. The lowest BCUT2D eigenvalue weighted by Gasteiger charge is -2.42. The first-order valence-electron chi connectivity index (χ1n) is 12.1. The Labute approximate surface area is 217 Å². The van der Waals surface area contributed by atoms with Gasteiger partial charge < -0.3 is 9.64 Å². The maximum Gasteiger partial charge on any atom is 0.410 e. The monoisotopic (exact) mass is 504 g/mol. The Balaban J connectivity index is 1.46. The van der Waals surface area contributed by atoms with Crippen LogP contribution in [0.1, 0.15) is 49.5 Å². The van der Waals surface area contributed by atoms with Crippen molar-refractivity contribution in [2.75, 3.05) is 13.1 Å². The number of carbonyl (C=O) groups is 2. The Kier molecular flexibility index (Phi) is 7.54. The van der Waals surface area contributed by atoms with Gasteiger partial charge in [0, 0.05) is 41.8 Å². The van der Waals surface area contributed by atoms with E-state index in [2.05, 4.69) is 28.0 Å². The lowest BCUT2D eigenvalue weighted by Crippen LogP contribution is -2.54. The fourth-order valence-electron chi connectivity index (χ4n) is 4.46. The number of aromatic nitrogens is 1. The number of carbonyl (C=O) groups excluding carboxylic acids is 2. The van der Waals surface area contributed by atoms with E-state index in [1.54, 1.807) is 23.4 Å². The van der Waals surface area contributed by atoms with E-state index >= 15 is 0 Å². The van der Waals surface area contributed by atoms with Gasteiger partial charge in [0.25, 0.3) is 5.91 Å². The quantitative estimate of drug-likeness (QED) is 0.382. The van der Waals surface area contributed by atoms with Crippen molar-refractivity contribution in [3.63, 3.8) is 0 Å². The maximum atomic E-state index is 12.9. The lowest BCUT2D eigenvalue weighted by molar-refractivity contribution is 0.0155. The van der Waals surface area contributed by atoms with Crippen molar-refractivity contribution in [1.82, 2.24) is 20.7 Å². The topological polar surface area (TPSA) is 83.6 Å². The minimum Gasteiger partial charge on any atom is -0.444 e. The Morgan fingerprint density at radius 1 is 1.03 bits per heavy atom. The number of hydrogen-bond acceptors (Lipinski definition) is 5. The molecule has 0 spiro atoms. The average molecular weight is 505 g/mol. The molecule has 188 valence electrons. The molecule has 0 unspecified atom stereocenters. The molecular formula is C28H32N4O3S. The zero-order chi connectivity index (χ0) is 25.8. The van der Waals surface area contributed by atoms with Crippen LogP contribution < -0.4 is 10.9 Å². The van der Waals surface area contributed by atoms with Gasteiger partial charge in [0.2, 0.25) is 0 Å². The second-order valence-electron chi connectivity index (χ2n) is 10.3. The van der Waals surface area contributed by atoms with Crippen molar-refractivity contribution in [3.05, 3.63) is 78.1 Å². The highest BCUT2D eigenvalue weighted by Crippen LogP contribution is 2.36. The van der Waals surface area contributed by atoms with Crippen LogP contribution in [0.25, 0.3) is 10.8 Å². The van der Waals surface area contributed by atoms with E-state index in [1.165, 1.54) is 0 Å². The first kappa shape index (κ1) is 25.6. The molecule has 7 nitrogen and oxygen atoms in total. The number of thiocarbonyl (C=S) groups is 1. The summed E-state index contributed by atoms with van der Waals surface area (Å²) < 4.78 is 5.56. The predicted molar refractivity (Wildman–Crippen MR) is 145 cm³/mol. The number of hydrazine groups is 1. The lowest BCUT2D eigenvalue weighted by atomic mass is 9.73. The second kappa shape index (κ2) is 10.6. The largest absolute Gasteiger partial charge is 0.444 e. The third-order valence-electron chi connectivity index (χ3n) is 6.43. The number of hydrogen-bond donors (Lipinski definition) is 2. The molecule has 4 rings (SSSR count). The Morgan fingerprint density at radius 2 is 1.75 bits per heavy atom. The van der Waals surface area contributed by atoms with Crippen molar-refractivity contribution in [2.24, 2.45) is 5.41 Å². The van der Waals surface area contributed by atoms with Crippen molar-refractivity contribution < 1.29 is 14.3 Å². The normalized spacial score (nSPS) is 15.2. The number of piperidine rings is 1. The molecule has 1 fully saturated rings. The van der Waals surface area contributed by atoms with Crippen molar-refractivity contribution in [1.29, 1.82) is 0 Å². The number of pyridine rings is 1. The van der Waals surface area contributed by atoms with E-state index in [4.69, 9.17) is 17.0 Å². The maximum absolute atomic E-state index is 12.9. The van der Waals surface area contributed by atoms with Crippen LogP contribution in [0.15, 0.2) is 67.0 Å². The van der Waals surface area contributed by atoms with E-state index in [9.17, 15) is 9.59 Å². The molecule has 1 aliphatic rings. The van der Waals surface area contributed by atoms with Gasteiger partial charge >= 0.3 is 6.09 Å². The van der Waals surface area contributed by atoms with E-state index < -0.39 is 11.0 Å². The molecule has 2 aromatic carbocycles.